The molecule has 3 aromatic rings. The van der Waals surface area contributed by atoms with E-state index >= 15 is 0 Å². The van der Waals surface area contributed by atoms with Gasteiger partial charge in [0, 0.05) is 11.3 Å². The molecule has 1 amide bonds. The number of benzene rings is 2. The number of nitrogens with two attached hydrogens (primary N) is 1. The number of carbonyl (C=O) groups is 1. The smallest absolute Gasteiger partial charge is 0.234 e. The molecule has 1 heterocycles. The Morgan fingerprint density at radius 3 is 2.68 bits per heavy atom. The molecule has 0 radical (unpaired) electrons. The number of anilines is 1. The molecule has 0 aliphatic heterocycles. The molecular weight excluding hydrogens is 377 g/mol. The van der Waals surface area contributed by atoms with Gasteiger partial charge in [0.15, 0.2) is 5.82 Å². The van der Waals surface area contributed by atoms with Gasteiger partial charge in [-0.2, -0.15) is 0 Å². The third-order valence-corrected chi connectivity index (χ3v) is 5.40. The standard InChI is InChI=1S/C20H22FN5OS/c1-3-13(2)14-7-9-17(10-8-14)23-18(27)12-28-20-25-24-19(26(20)22)15-5-4-6-16(21)11-15/h4-11,13H,3,12,22H2,1-2H3,(H,23,27)/t13-/m0/s1. The molecule has 0 spiro atoms. The number of nitrogens with one attached hydrogen (secondary N) is 1. The topological polar surface area (TPSA) is 85.8 Å². The minimum atomic E-state index is -0.381. The summed E-state index contributed by atoms with van der Waals surface area (Å²) in [6.45, 7) is 4.32. The second-order valence-corrected chi connectivity index (χ2v) is 7.40. The molecule has 0 bridgehead atoms. The van der Waals surface area contributed by atoms with E-state index in [4.69, 9.17) is 5.84 Å². The fourth-order valence-corrected chi connectivity index (χ4v) is 3.31. The molecule has 0 saturated carbocycles. The van der Waals surface area contributed by atoms with Gasteiger partial charge >= 0.3 is 0 Å². The first-order valence-electron chi connectivity index (χ1n) is 8.97. The number of halogens is 1. The molecule has 0 saturated heterocycles. The zero-order chi connectivity index (χ0) is 20.1. The summed E-state index contributed by atoms with van der Waals surface area (Å²) in [6.07, 6.45) is 1.07. The van der Waals surface area contributed by atoms with Gasteiger partial charge in [-0.05, 0) is 42.2 Å². The molecule has 28 heavy (non-hydrogen) atoms. The van der Waals surface area contributed by atoms with E-state index in [2.05, 4.69) is 29.4 Å². The lowest BCUT2D eigenvalue weighted by atomic mass is 9.99. The molecule has 146 valence electrons. The number of aromatic nitrogens is 3. The third-order valence-electron chi connectivity index (χ3n) is 4.46. The molecular formula is C20H22FN5OS. The molecule has 1 aromatic heterocycles. The minimum absolute atomic E-state index is 0.131. The Labute approximate surface area is 167 Å². The molecule has 0 unspecified atom stereocenters. The maximum Gasteiger partial charge on any atom is 0.234 e. The van der Waals surface area contributed by atoms with E-state index in [1.54, 1.807) is 12.1 Å². The van der Waals surface area contributed by atoms with Crippen LogP contribution >= 0.6 is 11.8 Å². The van der Waals surface area contributed by atoms with Crippen LogP contribution in [0.1, 0.15) is 31.7 Å². The van der Waals surface area contributed by atoms with E-state index in [-0.39, 0.29) is 17.5 Å². The first-order valence-corrected chi connectivity index (χ1v) is 9.95. The average molecular weight is 399 g/mol. The monoisotopic (exact) mass is 399 g/mol. The summed E-state index contributed by atoms with van der Waals surface area (Å²) in [5, 5.41) is 11.2. The van der Waals surface area contributed by atoms with Crippen LogP contribution in [0.25, 0.3) is 11.4 Å². The van der Waals surface area contributed by atoms with Gasteiger partial charge < -0.3 is 11.2 Å². The van der Waals surface area contributed by atoms with Crippen LogP contribution in [0.2, 0.25) is 0 Å². The quantitative estimate of drug-likeness (QED) is 0.463. The molecule has 0 aliphatic carbocycles. The first kappa shape index (κ1) is 19.9. The van der Waals surface area contributed by atoms with Crippen molar-refractivity contribution in [2.24, 2.45) is 0 Å². The van der Waals surface area contributed by atoms with Gasteiger partial charge in [-0.1, -0.05) is 49.9 Å². The second-order valence-electron chi connectivity index (χ2n) is 6.45. The number of rotatable bonds is 7. The molecule has 0 fully saturated rings. The molecule has 8 heteroatoms. The van der Waals surface area contributed by atoms with Gasteiger partial charge in [0.2, 0.25) is 11.1 Å². The normalized spacial score (nSPS) is 12.0. The van der Waals surface area contributed by atoms with Crippen LogP contribution in [-0.4, -0.2) is 26.5 Å². The SMILES string of the molecule is CC[C@H](C)c1ccc(NC(=O)CSc2nnc(-c3cccc(F)c3)n2N)cc1. The summed E-state index contributed by atoms with van der Waals surface area (Å²) >= 11 is 1.16. The van der Waals surface area contributed by atoms with Crippen molar-refractivity contribution in [2.75, 3.05) is 16.9 Å². The number of nitrogen functional groups attached to an aromatic ring is 1. The Bertz CT molecular complexity index is 957. The fraction of sp³-hybridized carbons (Fsp3) is 0.250. The van der Waals surface area contributed by atoms with E-state index < -0.39 is 0 Å². The molecule has 3 rings (SSSR count). The number of carbonyl (C=O) groups excluding carboxylic acids is 1. The molecule has 3 N–H and O–H groups in total. The summed E-state index contributed by atoms with van der Waals surface area (Å²) in [7, 11) is 0. The Morgan fingerprint density at radius 2 is 2.00 bits per heavy atom. The fourth-order valence-electron chi connectivity index (χ4n) is 2.66. The van der Waals surface area contributed by atoms with Crippen LogP contribution < -0.4 is 11.2 Å². The predicted molar refractivity (Wildman–Crippen MR) is 110 cm³/mol. The highest BCUT2D eigenvalue weighted by molar-refractivity contribution is 7.99. The van der Waals surface area contributed by atoms with Crippen molar-refractivity contribution in [3.8, 4) is 11.4 Å². The van der Waals surface area contributed by atoms with Crippen molar-refractivity contribution < 1.29 is 9.18 Å². The predicted octanol–water partition coefficient (Wildman–Crippen LogP) is 4.04. The van der Waals surface area contributed by atoms with Crippen LogP contribution in [0.3, 0.4) is 0 Å². The summed E-state index contributed by atoms with van der Waals surface area (Å²) in [4.78, 5) is 12.2. The van der Waals surface area contributed by atoms with Gasteiger partial charge in [0.05, 0.1) is 5.75 Å². The molecule has 1 atom stereocenters. The lowest BCUT2D eigenvalue weighted by Crippen LogP contribution is -2.16. The van der Waals surface area contributed by atoms with E-state index in [1.807, 2.05) is 24.3 Å². The third kappa shape index (κ3) is 4.69. The molecule has 2 aromatic carbocycles. The van der Waals surface area contributed by atoms with E-state index in [1.165, 1.54) is 22.4 Å². The highest BCUT2D eigenvalue weighted by atomic mass is 32.2. The lowest BCUT2D eigenvalue weighted by molar-refractivity contribution is -0.113. The van der Waals surface area contributed by atoms with Crippen LogP contribution in [-0.2, 0) is 4.79 Å². The second kappa shape index (κ2) is 8.88. The highest BCUT2D eigenvalue weighted by Crippen LogP contribution is 2.23. The van der Waals surface area contributed by atoms with Crippen molar-refractivity contribution in [3.63, 3.8) is 0 Å². The van der Waals surface area contributed by atoms with Crippen molar-refractivity contribution in [2.45, 2.75) is 31.3 Å². The van der Waals surface area contributed by atoms with Crippen molar-refractivity contribution in [1.82, 2.24) is 14.9 Å². The van der Waals surface area contributed by atoms with Crippen LogP contribution in [0.4, 0.5) is 10.1 Å². The maximum atomic E-state index is 13.4. The van der Waals surface area contributed by atoms with Crippen LogP contribution in [0.5, 0.6) is 0 Å². The summed E-state index contributed by atoms with van der Waals surface area (Å²) in [6, 6.07) is 13.8. The zero-order valence-electron chi connectivity index (χ0n) is 15.7. The van der Waals surface area contributed by atoms with E-state index in [0.717, 1.165) is 23.9 Å². The Balaban J connectivity index is 1.59. The highest BCUT2D eigenvalue weighted by Gasteiger charge is 2.14. The van der Waals surface area contributed by atoms with Crippen molar-refractivity contribution in [1.29, 1.82) is 0 Å². The number of thioether (sulfide) groups is 1. The Hall–Kier alpha value is -2.87. The van der Waals surface area contributed by atoms with Crippen molar-refractivity contribution >= 4 is 23.4 Å². The number of nitrogens with zero attached hydrogens (tertiary/aromatic N) is 3. The van der Waals surface area contributed by atoms with Crippen molar-refractivity contribution in [3.05, 3.63) is 59.9 Å². The van der Waals surface area contributed by atoms with Gasteiger partial charge in [0.25, 0.3) is 0 Å². The number of hydrogen-bond donors (Lipinski definition) is 2. The van der Waals surface area contributed by atoms with Gasteiger partial charge in [-0.25, -0.2) is 9.07 Å². The van der Waals surface area contributed by atoms with Gasteiger partial charge in [-0.3, -0.25) is 4.79 Å². The van der Waals surface area contributed by atoms with E-state index in [9.17, 15) is 9.18 Å². The first-order chi connectivity index (χ1) is 13.5. The van der Waals surface area contributed by atoms with Gasteiger partial charge in [-0.15, -0.1) is 10.2 Å². The number of hydrogen-bond acceptors (Lipinski definition) is 5. The summed E-state index contributed by atoms with van der Waals surface area (Å²) in [5.41, 5.74) is 2.51. The Morgan fingerprint density at radius 1 is 1.25 bits per heavy atom. The summed E-state index contributed by atoms with van der Waals surface area (Å²) in [5.74, 6) is 6.40. The maximum absolute atomic E-state index is 13.4. The molecule has 6 nitrogen and oxygen atoms in total. The van der Waals surface area contributed by atoms with Crippen LogP contribution in [0.15, 0.2) is 53.7 Å². The van der Waals surface area contributed by atoms with E-state index in [0.29, 0.717) is 22.5 Å². The van der Waals surface area contributed by atoms with Crippen LogP contribution in [0, 0.1) is 5.82 Å². The average Bonchev–Trinajstić information content (AvgIpc) is 3.07. The lowest BCUT2D eigenvalue weighted by Gasteiger charge is -2.10. The minimum Gasteiger partial charge on any atom is -0.335 e. The largest absolute Gasteiger partial charge is 0.335 e. The number of amides is 1. The Kier molecular flexibility index (Phi) is 6.30. The summed E-state index contributed by atoms with van der Waals surface area (Å²) < 4.78 is 14.6. The zero-order valence-corrected chi connectivity index (χ0v) is 16.5. The van der Waals surface area contributed by atoms with Gasteiger partial charge in [0.1, 0.15) is 5.82 Å². The molecule has 0 aliphatic rings.